The van der Waals surface area contributed by atoms with Crippen molar-refractivity contribution in [1.82, 2.24) is 0 Å². The van der Waals surface area contributed by atoms with Crippen LogP contribution in [0.4, 0.5) is 4.79 Å². The fourth-order valence-corrected chi connectivity index (χ4v) is 0.429. The second-order valence-electron chi connectivity index (χ2n) is 1.45. The molecule has 0 saturated carbocycles. The Balaban J connectivity index is 3.34. The Morgan fingerprint density at radius 3 is 2.30 bits per heavy atom. The van der Waals surface area contributed by atoms with Crippen molar-refractivity contribution < 1.29 is 19.0 Å². The molecular weight excluding hydrogens is 160 g/mol. The first-order valence-corrected chi connectivity index (χ1v) is 2.96. The first kappa shape index (κ1) is 9.68. The number of methoxy groups -OCH3 is 2. The molecule has 5 heteroatoms. The summed E-state index contributed by atoms with van der Waals surface area (Å²) in [6.07, 6.45) is -0.539. The summed E-state index contributed by atoms with van der Waals surface area (Å²) in [5, 5.41) is 0. The minimum absolute atomic E-state index is 0.00926. The van der Waals surface area contributed by atoms with E-state index in [1.807, 2.05) is 0 Å². The maximum atomic E-state index is 10.0. The molecule has 0 amide bonds. The molecule has 0 rings (SSSR count). The molecule has 0 aromatic carbocycles. The van der Waals surface area contributed by atoms with Gasteiger partial charge < -0.3 is 14.2 Å². The Hall–Kier alpha value is -0.320. The zero-order chi connectivity index (χ0) is 7.98. The van der Waals surface area contributed by atoms with Crippen molar-refractivity contribution in [3.63, 3.8) is 0 Å². The summed E-state index contributed by atoms with van der Waals surface area (Å²) in [4.78, 5) is 10.0. The largest absolute Gasteiger partial charge is 0.448 e. The Morgan fingerprint density at radius 2 is 2.00 bits per heavy atom. The Kier molecular flexibility index (Phi) is 5.29. The molecular formula is C5H9ClO4. The molecule has 10 heavy (non-hydrogen) atoms. The number of hydrogen-bond acceptors (Lipinski definition) is 4. The fourth-order valence-electron chi connectivity index (χ4n) is 0.366. The van der Waals surface area contributed by atoms with Crippen LogP contribution in [0, 0.1) is 0 Å². The molecule has 0 unspecified atom stereocenters. The van der Waals surface area contributed by atoms with E-state index in [1.54, 1.807) is 0 Å². The Labute approximate surface area is 64.0 Å². The van der Waals surface area contributed by atoms with Crippen molar-refractivity contribution in [2.24, 2.45) is 0 Å². The average Bonchev–Trinajstić information content (AvgIpc) is 1.90. The Bertz CT molecular complexity index is 102. The van der Waals surface area contributed by atoms with Crippen molar-refractivity contribution in [2.75, 3.05) is 20.8 Å². The van der Waals surface area contributed by atoms with Crippen LogP contribution in [-0.2, 0) is 14.2 Å². The fraction of sp³-hybridized carbons (Fsp3) is 0.800. The normalized spacial score (nSPS) is 10.0. The highest BCUT2D eigenvalue weighted by Crippen LogP contribution is 1.94. The molecule has 0 aromatic rings. The summed E-state index contributed by atoms with van der Waals surface area (Å²) in [7, 11) is 2.88. The lowest BCUT2D eigenvalue weighted by atomic mass is 10.7. The van der Waals surface area contributed by atoms with Crippen molar-refractivity contribution in [1.29, 1.82) is 0 Å². The quantitative estimate of drug-likeness (QED) is 0.464. The van der Waals surface area contributed by atoms with Gasteiger partial charge in [0.1, 0.15) is 6.61 Å². The second kappa shape index (κ2) is 5.46. The molecule has 0 aliphatic heterocycles. The van der Waals surface area contributed by atoms with Gasteiger partial charge in [0, 0.05) is 25.8 Å². The predicted octanol–water partition coefficient (Wildman–Crippen LogP) is 0.981. The van der Waals surface area contributed by atoms with Gasteiger partial charge in [0.05, 0.1) is 0 Å². The number of ether oxygens (including phenoxy) is 3. The molecule has 0 aliphatic rings. The van der Waals surface area contributed by atoms with Crippen LogP contribution in [0.25, 0.3) is 0 Å². The van der Waals surface area contributed by atoms with E-state index in [2.05, 4.69) is 4.74 Å². The Morgan fingerprint density at radius 1 is 1.50 bits per heavy atom. The number of carbonyl (C=O) groups is 1. The van der Waals surface area contributed by atoms with E-state index in [4.69, 9.17) is 21.1 Å². The van der Waals surface area contributed by atoms with Crippen LogP contribution in [-0.4, -0.2) is 32.5 Å². The third-order valence-electron chi connectivity index (χ3n) is 0.859. The van der Waals surface area contributed by atoms with E-state index in [9.17, 15) is 4.79 Å². The van der Waals surface area contributed by atoms with E-state index < -0.39 is 11.7 Å². The van der Waals surface area contributed by atoms with Crippen LogP contribution in [0.5, 0.6) is 0 Å². The van der Waals surface area contributed by atoms with Gasteiger partial charge in [-0.15, -0.1) is 0 Å². The number of hydrogen-bond donors (Lipinski definition) is 0. The lowest BCUT2D eigenvalue weighted by Gasteiger charge is -2.11. The lowest BCUT2D eigenvalue weighted by Crippen LogP contribution is -2.20. The molecule has 4 nitrogen and oxygen atoms in total. The molecule has 0 bridgehead atoms. The highest BCUT2D eigenvalue weighted by Gasteiger charge is 2.06. The molecule has 0 aromatic heterocycles. The van der Waals surface area contributed by atoms with Crippen LogP contribution in [0.3, 0.4) is 0 Å². The molecule has 60 valence electrons. The van der Waals surface area contributed by atoms with Gasteiger partial charge in [0.2, 0.25) is 0 Å². The van der Waals surface area contributed by atoms with Crippen LogP contribution in [0.15, 0.2) is 0 Å². The molecule has 0 aliphatic carbocycles. The molecule has 0 radical (unpaired) electrons. The maximum Gasteiger partial charge on any atom is 0.403 e. The van der Waals surface area contributed by atoms with Gasteiger partial charge in [0.15, 0.2) is 6.29 Å². The minimum atomic E-state index is -0.862. The smallest absolute Gasteiger partial charge is 0.403 e. The molecule has 0 saturated heterocycles. The standard InChI is InChI=1S/C5H9ClO4/c1-8-4(9-2)3-10-5(6)7/h4H,3H2,1-2H3. The van der Waals surface area contributed by atoms with Gasteiger partial charge in [-0.3, -0.25) is 0 Å². The summed E-state index contributed by atoms with van der Waals surface area (Å²) in [6, 6.07) is 0. The minimum Gasteiger partial charge on any atom is -0.448 e. The summed E-state index contributed by atoms with van der Waals surface area (Å²) >= 11 is 4.86. The summed E-state index contributed by atoms with van der Waals surface area (Å²) < 4.78 is 13.7. The first-order valence-electron chi connectivity index (χ1n) is 2.58. The number of rotatable bonds is 4. The van der Waals surface area contributed by atoms with E-state index in [0.29, 0.717) is 0 Å². The SMILES string of the molecule is COC(COC(=O)Cl)OC. The summed E-state index contributed by atoms with van der Waals surface area (Å²) in [5.74, 6) is 0. The van der Waals surface area contributed by atoms with Gasteiger partial charge >= 0.3 is 5.43 Å². The summed E-state index contributed by atoms with van der Waals surface area (Å²) in [6.45, 7) is 0.00926. The average molecular weight is 169 g/mol. The summed E-state index contributed by atoms with van der Waals surface area (Å²) in [5.41, 5.74) is -0.862. The van der Waals surface area contributed by atoms with E-state index in [0.717, 1.165) is 0 Å². The highest BCUT2D eigenvalue weighted by atomic mass is 35.5. The van der Waals surface area contributed by atoms with Gasteiger partial charge in [-0.05, 0) is 0 Å². The zero-order valence-electron chi connectivity index (χ0n) is 5.80. The third kappa shape index (κ3) is 4.55. The van der Waals surface area contributed by atoms with Crippen molar-refractivity contribution >= 4 is 17.0 Å². The van der Waals surface area contributed by atoms with Crippen molar-refractivity contribution in [3.05, 3.63) is 0 Å². The van der Waals surface area contributed by atoms with Gasteiger partial charge in [-0.25, -0.2) is 4.79 Å². The zero-order valence-corrected chi connectivity index (χ0v) is 6.55. The van der Waals surface area contributed by atoms with Crippen LogP contribution in [0.2, 0.25) is 0 Å². The van der Waals surface area contributed by atoms with E-state index >= 15 is 0 Å². The highest BCUT2D eigenvalue weighted by molar-refractivity contribution is 6.61. The predicted molar refractivity (Wildman–Crippen MR) is 35.0 cm³/mol. The topological polar surface area (TPSA) is 44.8 Å². The third-order valence-corrected chi connectivity index (χ3v) is 0.968. The first-order chi connectivity index (χ1) is 4.70. The van der Waals surface area contributed by atoms with Crippen molar-refractivity contribution in [3.8, 4) is 0 Å². The number of halogens is 1. The van der Waals surface area contributed by atoms with Crippen LogP contribution < -0.4 is 0 Å². The van der Waals surface area contributed by atoms with Gasteiger partial charge in [-0.2, -0.15) is 0 Å². The van der Waals surface area contributed by atoms with E-state index in [1.165, 1.54) is 14.2 Å². The van der Waals surface area contributed by atoms with E-state index in [-0.39, 0.29) is 6.61 Å². The van der Waals surface area contributed by atoms with Gasteiger partial charge in [0.25, 0.3) is 0 Å². The molecule has 0 fully saturated rings. The number of carbonyl (C=O) groups excluding carboxylic acids is 1. The van der Waals surface area contributed by atoms with Crippen molar-refractivity contribution in [2.45, 2.75) is 6.29 Å². The lowest BCUT2D eigenvalue weighted by molar-refractivity contribution is -0.126. The maximum absolute atomic E-state index is 10.0. The molecule has 0 N–H and O–H groups in total. The molecule has 0 atom stereocenters. The molecule has 0 heterocycles. The van der Waals surface area contributed by atoms with Crippen LogP contribution in [0.1, 0.15) is 0 Å². The second-order valence-corrected chi connectivity index (χ2v) is 1.76. The monoisotopic (exact) mass is 168 g/mol. The molecule has 0 spiro atoms. The van der Waals surface area contributed by atoms with Crippen LogP contribution >= 0.6 is 11.6 Å². The van der Waals surface area contributed by atoms with Gasteiger partial charge in [-0.1, -0.05) is 0 Å².